The smallest absolute Gasteiger partial charge is 0.345 e. The SMILES string of the molecule is O=C(NCC(F)(F)F)[C@@H]1CCCN1C(=O)Nc1nnc(C2CC2)s1. The zero-order valence-corrected chi connectivity index (χ0v) is 13.4. The topological polar surface area (TPSA) is 87.2 Å². The fourth-order valence-electron chi connectivity index (χ4n) is 2.53. The van der Waals surface area contributed by atoms with Crippen molar-refractivity contribution in [2.24, 2.45) is 0 Å². The van der Waals surface area contributed by atoms with E-state index in [0.29, 0.717) is 30.4 Å². The van der Waals surface area contributed by atoms with E-state index in [0.717, 1.165) is 17.8 Å². The number of aromatic nitrogens is 2. The van der Waals surface area contributed by atoms with Crippen LogP contribution in [-0.2, 0) is 4.79 Å². The van der Waals surface area contributed by atoms with Crippen molar-refractivity contribution < 1.29 is 22.8 Å². The van der Waals surface area contributed by atoms with Crippen LogP contribution in [-0.4, -0.2) is 52.3 Å². The van der Waals surface area contributed by atoms with Gasteiger partial charge in [0.25, 0.3) is 0 Å². The van der Waals surface area contributed by atoms with Crippen molar-refractivity contribution >= 4 is 28.4 Å². The Morgan fingerprint density at radius 3 is 2.67 bits per heavy atom. The average Bonchev–Trinajstić information content (AvgIpc) is 3.06. The van der Waals surface area contributed by atoms with Crippen molar-refractivity contribution in [2.45, 2.75) is 43.8 Å². The Labute approximate surface area is 139 Å². The third-order valence-electron chi connectivity index (χ3n) is 3.86. The van der Waals surface area contributed by atoms with Gasteiger partial charge in [-0.05, 0) is 25.7 Å². The molecule has 1 saturated carbocycles. The summed E-state index contributed by atoms with van der Waals surface area (Å²) in [5.74, 6) is -0.378. The molecule has 0 aromatic carbocycles. The third-order valence-corrected chi connectivity index (χ3v) is 4.86. The Morgan fingerprint density at radius 2 is 2.00 bits per heavy atom. The van der Waals surface area contributed by atoms with Gasteiger partial charge in [0.05, 0.1) is 0 Å². The number of anilines is 1. The summed E-state index contributed by atoms with van der Waals surface area (Å²) in [7, 11) is 0. The first-order valence-corrected chi connectivity index (χ1v) is 8.40. The predicted octanol–water partition coefficient (Wildman–Crippen LogP) is 2.09. The van der Waals surface area contributed by atoms with Crippen LogP contribution in [0.4, 0.5) is 23.1 Å². The Balaban J connectivity index is 1.57. The number of hydrogen-bond acceptors (Lipinski definition) is 5. The van der Waals surface area contributed by atoms with E-state index in [9.17, 15) is 22.8 Å². The summed E-state index contributed by atoms with van der Waals surface area (Å²) in [4.78, 5) is 25.4. The van der Waals surface area contributed by atoms with Crippen LogP contribution in [0.3, 0.4) is 0 Å². The molecule has 24 heavy (non-hydrogen) atoms. The highest BCUT2D eigenvalue weighted by atomic mass is 32.1. The lowest BCUT2D eigenvalue weighted by Crippen LogP contribution is -2.49. The van der Waals surface area contributed by atoms with E-state index in [4.69, 9.17) is 0 Å². The summed E-state index contributed by atoms with van der Waals surface area (Å²) < 4.78 is 36.6. The van der Waals surface area contributed by atoms with E-state index in [1.807, 2.05) is 5.32 Å². The largest absolute Gasteiger partial charge is 0.405 e. The lowest BCUT2D eigenvalue weighted by molar-refractivity contribution is -0.140. The molecule has 1 aliphatic heterocycles. The highest BCUT2D eigenvalue weighted by Crippen LogP contribution is 2.42. The summed E-state index contributed by atoms with van der Waals surface area (Å²) in [5.41, 5.74) is 0. The van der Waals surface area contributed by atoms with Gasteiger partial charge in [0, 0.05) is 12.5 Å². The maximum absolute atomic E-state index is 12.3. The van der Waals surface area contributed by atoms with Gasteiger partial charge in [-0.1, -0.05) is 11.3 Å². The number of nitrogens with one attached hydrogen (secondary N) is 2. The van der Waals surface area contributed by atoms with Crippen LogP contribution < -0.4 is 10.6 Å². The maximum Gasteiger partial charge on any atom is 0.405 e. The number of alkyl halides is 3. The molecule has 0 bridgehead atoms. The van der Waals surface area contributed by atoms with Crippen molar-refractivity contribution in [3.63, 3.8) is 0 Å². The highest BCUT2D eigenvalue weighted by molar-refractivity contribution is 7.15. The second-order valence-corrected chi connectivity index (χ2v) is 6.84. The van der Waals surface area contributed by atoms with Gasteiger partial charge in [0.15, 0.2) is 0 Å². The number of likely N-dealkylation sites (tertiary alicyclic amines) is 1. The van der Waals surface area contributed by atoms with Gasteiger partial charge < -0.3 is 10.2 Å². The Kier molecular flexibility index (Phi) is 4.61. The number of urea groups is 1. The minimum Gasteiger partial charge on any atom is -0.345 e. The highest BCUT2D eigenvalue weighted by Gasteiger charge is 2.37. The Hall–Kier alpha value is -1.91. The van der Waals surface area contributed by atoms with Gasteiger partial charge in [-0.2, -0.15) is 13.2 Å². The minimum atomic E-state index is -4.48. The number of halogens is 3. The second-order valence-electron chi connectivity index (χ2n) is 5.83. The zero-order valence-electron chi connectivity index (χ0n) is 12.6. The molecule has 11 heteroatoms. The number of hydrogen-bond donors (Lipinski definition) is 2. The molecule has 2 aliphatic rings. The molecule has 3 amide bonds. The van der Waals surface area contributed by atoms with E-state index in [1.54, 1.807) is 0 Å². The first-order chi connectivity index (χ1) is 11.3. The van der Waals surface area contributed by atoms with Gasteiger partial charge >= 0.3 is 12.2 Å². The summed E-state index contributed by atoms with van der Waals surface area (Å²) >= 11 is 1.28. The Morgan fingerprint density at radius 1 is 1.25 bits per heavy atom. The molecular weight excluding hydrogens is 347 g/mol. The summed E-state index contributed by atoms with van der Waals surface area (Å²) in [5, 5.41) is 13.5. The van der Waals surface area contributed by atoms with Crippen molar-refractivity contribution in [2.75, 3.05) is 18.4 Å². The van der Waals surface area contributed by atoms with Crippen molar-refractivity contribution in [3.05, 3.63) is 5.01 Å². The third kappa shape index (κ3) is 4.13. The molecule has 1 aromatic rings. The molecule has 3 rings (SSSR count). The summed E-state index contributed by atoms with van der Waals surface area (Å²) in [6.45, 7) is -1.09. The molecule has 0 spiro atoms. The van der Waals surface area contributed by atoms with Gasteiger partial charge in [-0.25, -0.2) is 4.79 Å². The van der Waals surface area contributed by atoms with Crippen LogP contribution in [0.2, 0.25) is 0 Å². The number of amides is 3. The molecule has 1 saturated heterocycles. The summed E-state index contributed by atoms with van der Waals surface area (Å²) in [6, 6.07) is -1.44. The standard InChI is InChI=1S/C13H16F3N5O2S/c14-13(15,16)6-17-9(22)8-2-1-5-21(8)12(23)18-11-20-19-10(24-11)7-3-4-7/h7-8H,1-6H2,(H,17,22)(H,18,20,23)/t8-/m0/s1. The van der Waals surface area contributed by atoms with Crippen molar-refractivity contribution in [1.29, 1.82) is 0 Å². The first kappa shape index (κ1) is 16.9. The molecule has 7 nitrogen and oxygen atoms in total. The van der Waals surface area contributed by atoms with Crippen molar-refractivity contribution in [3.8, 4) is 0 Å². The van der Waals surface area contributed by atoms with Crippen LogP contribution in [0.1, 0.15) is 36.6 Å². The van der Waals surface area contributed by atoms with Gasteiger partial charge in [-0.15, -0.1) is 10.2 Å². The van der Waals surface area contributed by atoms with E-state index in [-0.39, 0.29) is 0 Å². The van der Waals surface area contributed by atoms with Gasteiger partial charge in [-0.3, -0.25) is 10.1 Å². The van der Waals surface area contributed by atoms with Crippen LogP contribution in [0.5, 0.6) is 0 Å². The maximum atomic E-state index is 12.3. The number of rotatable bonds is 4. The van der Waals surface area contributed by atoms with Crippen LogP contribution >= 0.6 is 11.3 Å². The lowest BCUT2D eigenvalue weighted by atomic mass is 10.2. The average molecular weight is 363 g/mol. The van der Waals surface area contributed by atoms with Crippen molar-refractivity contribution in [1.82, 2.24) is 20.4 Å². The quantitative estimate of drug-likeness (QED) is 0.858. The lowest BCUT2D eigenvalue weighted by Gasteiger charge is -2.23. The van der Waals surface area contributed by atoms with E-state index in [1.165, 1.54) is 16.2 Å². The molecule has 1 aliphatic carbocycles. The van der Waals surface area contributed by atoms with E-state index < -0.39 is 30.7 Å². The Bertz CT molecular complexity index is 631. The van der Waals surface area contributed by atoms with Gasteiger partial charge in [0.2, 0.25) is 11.0 Å². The number of carbonyl (C=O) groups is 2. The normalized spacial score (nSPS) is 21.0. The molecule has 1 atom stereocenters. The number of nitrogens with zero attached hydrogens (tertiary/aromatic N) is 3. The predicted molar refractivity (Wildman–Crippen MR) is 79.7 cm³/mol. The van der Waals surface area contributed by atoms with Crippen LogP contribution in [0, 0.1) is 0 Å². The van der Waals surface area contributed by atoms with Gasteiger partial charge in [0.1, 0.15) is 17.6 Å². The first-order valence-electron chi connectivity index (χ1n) is 7.59. The summed E-state index contributed by atoms with van der Waals surface area (Å²) in [6.07, 6.45) is -1.46. The van der Waals surface area contributed by atoms with E-state index >= 15 is 0 Å². The zero-order chi connectivity index (χ0) is 17.3. The molecule has 1 aromatic heterocycles. The molecule has 2 N–H and O–H groups in total. The minimum absolute atomic E-state index is 0.310. The van der Waals surface area contributed by atoms with Crippen LogP contribution in [0.15, 0.2) is 0 Å². The fourth-order valence-corrected chi connectivity index (χ4v) is 3.43. The number of carbonyl (C=O) groups excluding carboxylic acids is 2. The molecule has 0 unspecified atom stereocenters. The molecule has 2 heterocycles. The second kappa shape index (κ2) is 6.54. The fraction of sp³-hybridized carbons (Fsp3) is 0.692. The van der Waals surface area contributed by atoms with E-state index in [2.05, 4.69) is 15.5 Å². The molecule has 0 radical (unpaired) electrons. The molecule has 132 valence electrons. The van der Waals surface area contributed by atoms with Crippen LogP contribution in [0.25, 0.3) is 0 Å². The molecular formula is C13H16F3N5O2S. The monoisotopic (exact) mass is 363 g/mol. The molecule has 2 fully saturated rings.